The lowest BCUT2D eigenvalue weighted by molar-refractivity contribution is -0.870. The third-order valence-corrected chi connectivity index (χ3v) is 5.12. The van der Waals surface area contributed by atoms with Crippen LogP contribution >= 0.6 is 7.82 Å². The molecule has 0 spiro atoms. The van der Waals surface area contributed by atoms with Gasteiger partial charge in [0.2, 0.25) is 5.91 Å². The molecule has 31 heavy (non-hydrogen) atoms. The van der Waals surface area contributed by atoms with Crippen LogP contribution in [0.1, 0.15) is 46.0 Å². The smallest absolute Gasteiger partial charge is 0.387 e. The minimum absolute atomic E-state index is 0.0486. The fraction of sp³-hybridized carbons (Fsp3) is 0.682. The molecule has 3 N–H and O–H groups in total. The van der Waals surface area contributed by atoms with Crippen molar-refractivity contribution in [3.8, 4) is 0 Å². The second-order valence-electron chi connectivity index (χ2n) is 8.34. The van der Waals surface area contributed by atoms with Crippen LogP contribution in [0.15, 0.2) is 36.5 Å². The Labute approximate surface area is 187 Å². The fourth-order valence-electron chi connectivity index (χ4n) is 2.40. The Balaban J connectivity index is 4.46. The number of hydrogen-bond acceptors (Lipinski definition) is 5. The molecule has 0 aromatic carbocycles. The maximum absolute atomic E-state index is 12.0. The second kappa shape index (κ2) is 16.4. The van der Waals surface area contributed by atoms with Gasteiger partial charge < -0.3 is 19.8 Å². The van der Waals surface area contributed by atoms with Crippen LogP contribution in [0.2, 0.25) is 0 Å². The first kappa shape index (κ1) is 29.7. The lowest BCUT2D eigenvalue weighted by atomic mass is 10.1. The summed E-state index contributed by atoms with van der Waals surface area (Å²) in [5.41, 5.74) is 0. The van der Waals surface area contributed by atoms with E-state index in [9.17, 15) is 19.4 Å². The molecule has 0 heterocycles. The van der Waals surface area contributed by atoms with Gasteiger partial charge in [0.05, 0.1) is 39.9 Å². The Morgan fingerprint density at radius 1 is 1.03 bits per heavy atom. The van der Waals surface area contributed by atoms with E-state index in [1.54, 1.807) is 6.08 Å². The Hall–Kier alpha value is -1.28. The molecule has 0 aliphatic carbocycles. The zero-order valence-electron chi connectivity index (χ0n) is 19.7. The number of phosphoric ester groups is 1. The Morgan fingerprint density at radius 2 is 1.58 bits per heavy atom. The number of unbranched alkanes of at least 4 members (excludes halogenated alkanes) is 2. The van der Waals surface area contributed by atoms with Crippen molar-refractivity contribution >= 4 is 13.7 Å². The molecule has 0 aliphatic rings. The summed E-state index contributed by atoms with van der Waals surface area (Å²) < 4.78 is 22.6. The molecule has 0 aromatic heterocycles. The average molecular weight is 462 g/mol. The maximum Gasteiger partial charge on any atom is 0.472 e. The van der Waals surface area contributed by atoms with Crippen LogP contribution in [0.25, 0.3) is 0 Å². The number of amides is 1. The van der Waals surface area contributed by atoms with E-state index >= 15 is 0 Å². The lowest BCUT2D eigenvalue weighted by Crippen LogP contribution is -2.44. The van der Waals surface area contributed by atoms with Gasteiger partial charge in [0, 0.05) is 6.92 Å². The molecule has 9 heteroatoms. The Morgan fingerprint density at radius 3 is 2.10 bits per heavy atom. The third kappa shape index (κ3) is 19.2. The predicted molar refractivity (Wildman–Crippen MR) is 124 cm³/mol. The number of carbonyl (C=O) groups excluding carboxylic acids is 1. The highest BCUT2D eigenvalue weighted by molar-refractivity contribution is 7.47. The average Bonchev–Trinajstić information content (AvgIpc) is 2.65. The highest BCUT2D eigenvalue weighted by Crippen LogP contribution is 2.43. The van der Waals surface area contributed by atoms with Crippen LogP contribution in [-0.2, 0) is 18.4 Å². The summed E-state index contributed by atoms with van der Waals surface area (Å²) in [5, 5.41) is 12.9. The van der Waals surface area contributed by atoms with Crippen molar-refractivity contribution < 1.29 is 32.9 Å². The van der Waals surface area contributed by atoms with Crippen LogP contribution in [-0.4, -0.2) is 73.4 Å². The van der Waals surface area contributed by atoms with Gasteiger partial charge in [0.25, 0.3) is 0 Å². The zero-order valence-corrected chi connectivity index (χ0v) is 20.6. The molecule has 0 aromatic rings. The van der Waals surface area contributed by atoms with Crippen molar-refractivity contribution in [3.63, 3.8) is 0 Å². The summed E-state index contributed by atoms with van der Waals surface area (Å²) >= 11 is 0. The number of rotatable bonds is 17. The SMILES string of the molecule is CC/C=C/CC/C=C/CC/C=C/C(O)C(COP(=O)(O)OCC[N+](C)(C)C)NC(C)=O. The van der Waals surface area contributed by atoms with Gasteiger partial charge in [-0.2, -0.15) is 0 Å². The van der Waals surface area contributed by atoms with Gasteiger partial charge in [-0.05, 0) is 32.1 Å². The highest BCUT2D eigenvalue weighted by Gasteiger charge is 2.27. The van der Waals surface area contributed by atoms with E-state index < -0.39 is 20.0 Å². The number of allylic oxidation sites excluding steroid dienone is 5. The molecule has 0 fully saturated rings. The van der Waals surface area contributed by atoms with Gasteiger partial charge in [-0.1, -0.05) is 43.4 Å². The molecule has 0 rings (SSSR count). The number of nitrogens with zero attached hydrogens (tertiary/aromatic N) is 1. The fourth-order valence-corrected chi connectivity index (χ4v) is 3.14. The summed E-state index contributed by atoms with van der Waals surface area (Å²) in [6.45, 7) is 3.64. The van der Waals surface area contributed by atoms with Gasteiger partial charge in [-0.3, -0.25) is 13.8 Å². The molecule has 3 atom stereocenters. The third-order valence-electron chi connectivity index (χ3n) is 4.14. The van der Waals surface area contributed by atoms with Gasteiger partial charge >= 0.3 is 7.82 Å². The van der Waals surface area contributed by atoms with E-state index in [0.717, 1.165) is 32.1 Å². The van der Waals surface area contributed by atoms with E-state index in [2.05, 4.69) is 36.5 Å². The molecule has 180 valence electrons. The van der Waals surface area contributed by atoms with Crippen LogP contribution in [0.3, 0.4) is 0 Å². The first-order valence-electron chi connectivity index (χ1n) is 10.8. The van der Waals surface area contributed by atoms with Gasteiger partial charge in [-0.25, -0.2) is 4.57 Å². The van der Waals surface area contributed by atoms with Gasteiger partial charge in [0.15, 0.2) is 0 Å². The Bertz CT molecular complexity index is 628. The van der Waals surface area contributed by atoms with E-state index in [-0.39, 0.29) is 19.1 Å². The van der Waals surface area contributed by atoms with Gasteiger partial charge in [0.1, 0.15) is 13.2 Å². The number of hydrogen-bond donors (Lipinski definition) is 3. The first-order valence-corrected chi connectivity index (χ1v) is 12.3. The van der Waals surface area contributed by atoms with Crippen molar-refractivity contribution in [2.75, 3.05) is 40.9 Å². The van der Waals surface area contributed by atoms with Crippen molar-refractivity contribution in [1.29, 1.82) is 0 Å². The van der Waals surface area contributed by atoms with E-state index in [0.29, 0.717) is 11.0 Å². The van der Waals surface area contributed by atoms with Crippen LogP contribution in [0.5, 0.6) is 0 Å². The number of aliphatic hydroxyl groups excluding tert-OH is 1. The van der Waals surface area contributed by atoms with Crippen molar-refractivity contribution in [2.24, 2.45) is 0 Å². The molecule has 0 aliphatic heterocycles. The maximum atomic E-state index is 12.0. The number of phosphoric acid groups is 1. The molecule has 0 radical (unpaired) electrons. The topological polar surface area (TPSA) is 105 Å². The van der Waals surface area contributed by atoms with Crippen LogP contribution in [0.4, 0.5) is 0 Å². The van der Waals surface area contributed by atoms with E-state index in [1.165, 1.54) is 6.92 Å². The predicted octanol–water partition coefficient (Wildman–Crippen LogP) is 3.33. The van der Waals surface area contributed by atoms with E-state index in [1.807, 2.05) is 27.2 Å². The molecule has 0 saturated carbocycles. The standard InChI is InChI=1S/C22H41N2O6P/c1-6-7-8-9-10-11-12-13-14-15-16-22(26)21(23-20(2)25)19-30-31(27,28)29-18-17-24(3,4)5/h7-8,11-12,15-16,21-22,26H,6,9-10,13-14,17-19H2,1-5H3,(H-,23,25,27,28)/p+1/b8-7+,12-11+,16-15+. The van der Waals surface area contributed by atoms with Crippen molar-refractivity contribution in [3.05, 3.63) is 36.5 Å². The summed E-state index contributed by atoms with van der Waals surface area (Å²) in [5.74, 6) is -0.375. The number of nitrogens with one attached hydrogen (secondary N) is 1. The molecule has 8 nitrogen and oxygen atoms in total. The summed E-state index contributed by atoms with van der Waals surface area (Å²) in [4.78, 5) is 21.2. The molecular formula is C22H42N2O6P+. The van der Waals surface area contributed by atoms with Crippen molar-refractivity contribution in [2.45, 2.75) is 58.1 Å². The number of carbonyl (C=O) groups is 1. The molecule has 0 saturated heterocycles. The molecule has 3 unspecified atom stereocenters. The normalized spacial score (nSPS) is 16.7. The van der Waals surface area contributed by atoms with Gasteiger partial charge in [-0.15, -0.1) is 0 Å². The number of likely N-dealkylation sites (N-methyl/N-ethyl adjacent to an activating group) is 1. The Kier molecular flexibility index (Phi) is 15.7. The molecular weight excluding hydrogens is 419 g/mol. The number of aliphatic hydroxyl groups is 1. The minimum Gasteiger partial charge on any atom is -0.387 e. The minimum atomic E-state index is -4.28. The quantitative estimate of drug-likeness (QED) is 0.133. The summed E-state index contributed by atoms with van der Waals surface area (Å²) in [6.07, 6.45) is 15.5. The van der Waals surface area contributed by atoms with Crippen LogP contribution in [0, 0.1) is 0 Å². The zero-order chi connectivity index (χ0) is 23.8. The number of quaternary nitrogens is 1. The monoisotopic (exact) mass is 461 g/mol. The summed E-state index contributed by atoms with van der Waals surface area (Å²) in [6, 6.07) is -0.864. The first-order chi connectivity index (χ1) is 14.5. The highest BCUT2D eigenvalue weighted by atomic mass is 31.2. The van der Waals surface area contributed by atoms with Crippen LogP contribution < -0.4 is 5.32 Å². The second-order valence-corrected chi connectivity index (χ2v) is 9.80. The largest absolute Gasteiger partial charge is 0.472 e. The molecule has 0 bridgehead atoms. The van der Waals surface area contributed by atoms with Crippen molar-refractivity contribution in [1.82, 2.24) is 5.32 Å². The lowest BCUT2D eigenvalue weighted by Gasteiger charge is -2.25. The molecule has 1 amide bonds. The van der Waals surface area contributed by atoms with E-state index in [4.69, 9.17) is 9.05 Å². The summed E-state index contributed by atoms with van der Waals surface area (Å²) in [7, 11) is 1.52.